The van der Waals surface area contributed by atoms with Gasteiger partial charge in [-0.2, -0.15) is 0 Å². The summed E-state index contributed by atoms with van der Waals surface area (Å²) in [7, 11) is 0. The van der Waals surface area contributed by atoms with Gasteiger partial charge in [-0.25, -0.2) is 4.99 Å². The van der Waals surface area contributed by atoms with Crippen molar-refractivity contribution in [3.05, 3.63) is 0 Å². The molecule has 0 saturated carbocycles. The minimum Gasteiger partial charge on any atom is -0.357 e. The monoisotopic (exact) mass is 396 g/mol. The lowest BCUT2D eigenvalue weighted by molar-refractivity contribution is -0.128. The first kappa shape index (κ1) is 19.5. The van der Waals surface area contributed by atoms with Gasteiger partial charge in [-0.15, -0.1) is 24.0 Å². The van der Waals surface area contributed by atoms with Gasteiger partial charge >= 0.3 is 0 Å². The molecule has 6 heteroatoms. The lowest BCUT2D eigenvalue weighted by Gasteiger charge is -2.21. The highest BCUT2D eigenvalue weighted by atomic mass is 127. The van der Waals surface area contributed by atoms with Crippen molar-refractivity contribution in [1.82, 2.24) is 15.5 Å². The fourth-order valence-electron chi connectivity index (χ4n) is 1.92. The molecule has 0 aromatic carbocycles. The summed E-state index contributed by atoms with van der Waals surface area (Å²) in [6, 6.07) is 0.333. The number of carbonyl (C=O) groups excluding carboxylic acids is 1. The van der Waals surface area contributed by atoms with Crippen molar-refractivity contribution >= 4 is 35.8 Å². The second-order valence-electron chi connectivity index (χ2n) is 5.46. The number of likely N-dealkylation sites (tertiary alicyclic amines) is 1. The third-order valence-corrected chi connectivity index (χ3v) is 3.54. The first-order chi connectivity index (χ1) is 9.04. The van der Waals surface area contributed by atoms with Crippen molar-refractivity contribution in [3.8, 4) is 0 Å². The summed E-state index contributed by atoms with van der Waals surface area (Å²) in [5, 5.41) is 6.51. The highest BCUT2D eigenvalue weighted by molar-refractivity contribution is 14.0. The third-order valence-electron chi connectivity index (χ3n) is 3.54. The SMILES string of the molecule is CCNC(=NCC(=O)N1CCCC1)NC(C)C(C)C.I. The van der Waals surface area contributed by atoms with E-state index in [1.807, 2.05) is 11.8 Å². The van der Waals surface area contributed by atoms with Gasteiger partial charge in [0.15, 0.2) is 5.96 Å². The molecule has 0 aromatic heterocycles. The van der Waals surface area contributed by atoms with Crippen LogP contribution in [0.2, 0.25) is 0 Å². The molecule has 1 fully saturated rings. The molecular weight excluding hydrogens is 367 g/mol. The lowest BCUT2D eigenvalue weighted by Crippen LogP contribution is -2.44. The maximum atomic E-state index is 11.9. The summed E-state index contributed by atoms with van der Waals surface area (Å²) < 4.78 is 0. The molecule has 0 spiro atoms. The van der Waals surface area contributed by atoms with E-state index in [2.05, 4.69) is 36.4 Å². The van der Waals surface area contributed by atoms with Crippen molar-refractivity contribution in [2.45, 2.75) is 46.6 Å². The molecule has 1 amide bonds. The number of hydrogen-bond acceptors (Lipinski definition) is 2. The summed E-state index contributed by atoms with van der Waals surface area (Å²) in [6.07, 6.45) is 2.25. The number of carbonyl (C=O) groups is 1. The van der Waals surface area contributed by atoms with Gasteiger partial charge in [0.2, 0.25) is 5.91 Å². The first-order valence-corrected chi connectivity index (χ1v) is 7.37. The molecule has 1 heterocycles. The van der Waals surface area contributed by atoms with Gasteiger partial charge in [0, 0.05) is 25.7 Å². The largest absolute Gasteiger partial charge is 0.357 e. The normalized spacial score (nSPS) is 16.9. The molecule has 1 saturated heterocycles. The molecule has 1 aliphatic heterocycles. The Hall–Kier alpha value is -0.530. The van der Waals surface area contributed by atoms with E-state index in [0.29, 0.717) is 12.0 Å². The molecular formula is C14H29IN4O. The Morgan fingerprint density at radius 1 is 1.25 bits per heavy atom. The van der Waals surface area contributed by atoms with E-state index in [4.69, 9.17) is 0 Å². The molecule has 1 unspecified atom stereocenters. The van der Waals surface area contributed by atoms with Crippen molar-refractivity contribution in [3.63, 3.8) is 0 Å². The van der Waals surface area contributed by atoms with Crippen LogP contribution in [0.5, 0.6) is 0 Å². The zero-order chi connectivity index (χ0) is 14.3. The van der Waals surface area contributed by atoms with Crippen LogP contribution in [0.1, 0.15) is 40.5 Å². The maximum absolute atomic E-state index is 11.9. The Morgan fingerprint density at radius 2 is 1.85 bits per heavy atom. The number of nitrogens with one attached hydrogen (secondary N) is 2. The van der Waals surface area contributed by atoms with Crippen molar-refractivity contribution < 1.29 is 4.79 Å². The molecule has 2 N–H and O–H groups in total. The molecule has 1 aliphatic rings. The van der Waals surface area contributed by atoms with Crippen LogP contribution in [0.25, 0.3) is 0 Å². The minimum absolute atomic E-state index is 0. The van der Waals surface area contributed by atoms with Crippen LogP contribution in [0.4, 0.5) is 0 Å². The minimum atomic E-state index is 0. The summed E-state index contributed by atoms with van der Waals surface area (Å²) in [6.45, 7) is 11.3. The predicted octanol–water partition coefficient (Wildman–Crippen LogP) is 1.83. The number of rotatable bonds is 5. The number of amides is 1. The van der Waals surface area contributed by atoms with Crippen LogP contribution in [-0.2, 0) is 4.79 Å². The topological polar surface area (TPSA) is 56.7 Å². The summed E-state index contributed by atoms with van der Waals surface area (Å²) in [5.74, 6) is 1.39. The molecule has 0 radical (unpaired) electrons. The van der Waals surface area contributed by atoms with Gasteiger partial charge < -0.3 is 15.5 Å². The highest BCUT2D eigenvalue weighted by Crippen LogP contribution is 2.07. The van der Waals surface area contributed by atoms with Gasteiger partial charge in [0.25, 0.3) is 0 Å². The molecule has 118 valence electrons. The van der Waals surface area contributed by atoms with E-state index in [9.17, 15) is 4.79 Å². The molecule has 1 rings (SSSR count). The number of halogens is 1. The van der Waals surface area contributed by atoms with Crippen LogP contribution in [-0.4, -0.2) is 49.0 Å². The molecule has 0 aromatic rings. The Bertz CT molecular complexity index is 314. The standard InChI is InChI=1S/C14H28N4O.HI/c1-5-15-14(17-12(4)11(2)3)16-10-13(19)18-8-6-7-9-18;/h11-12H,5-10H2,1-4H3,(H2,15,16,17);1H. The Morgan fingerprint density at radius 3 is 2.35 bits per heavy atom. The van der Waals surface area contributed by atoms with E-state index in [1.165, 1.54) is 0 Å². The zero-order valence-electron chi connectivity index (χ0n) is 13.1. The smallest absolute Gasteiger partial charge is 0.244 e. The quantitative estimate of drug-likeness (QED) is 0.424. The van der Waals surface area contributed by atoms with E-state index in [1.54, 1.807) is 0 Å². The van der Waals surface area contributed by atoms with Crippen molar-refractivity contribution in [1.29, 1.82) is 0 Å². The van der Waals surface area contributed by atoms with Crippen LogP contribution < -0.4 is 10.6 Å². The van der Waals surface area contributed by atoms with Crippen LogP contribution in [0.3, 0.4) is 0 Å². The lowest BCUT2D eigenvalue weighted by atomic mass is 10.1. The van der Waals surface area contributed by atoms with Crippen molar-refractivity contribution in [2.24, 2.45) is 10.9 Å². The van der Waals surface area contributed by atoms with Crippen LogP contribution in [0, 0.1) is 5.92 Å². The van der Waals surface area contributed by atoms with E-state index < -0.39 is 0 Å². The highest BCUT2D eigenvalue weighted by Gasteiger charge is 2.17. The summed E-state index contributed by atoms with van der Waals surface area (Å²) >= 11 is 0. The van der Waals surface area contributed by atoms with E-state index in [-0.39, 0.29) is 36.4 Å². The molecule has 5 nitrogen and oxygen atoms in total. The fourth-order valence-corrected chi connectivity index (χ4v) is 1.92. The number of aliphatic imine (C=N–C) groups is 1. The Kier molecular flexibility index (Phi) is 9.96. The van der Waals surface area contributed by atoms with Gasteiger partial charge in [-0.1, -0.05) is 13.8 Å². The molecule has 0 bridgehead atoms. The third kappa shape index (κ3) is 6.76. The number of guanidine groups is 1. The molecule has 20 heavy (non-hydrogen) atoms. The predicted molar refractivity (Wildman–Crippen MR) is 94.6 cm³/mol. The average Bonchev–Trinajstić information content (AvgIpc) is 2.89. The average molecular weight is 396 g/mol. The van der Waals surface area contributed by atoms with Gasteiger partial charge in [0.1, 0.15) is 6.54 Å². The van der Waals surface area contributed by atoms with Crippen LogP contribution >= 0.6 is 24.0 Å². The number of nitrogens with zero attached hydrogens (tertiary/aromatic N) is 2. The number of hydrogen-bond donors (Lipinski definition) is 2. The van der Waals surface area contributed by atoms with Crippen LogP contribution in [0.15, 0.2) is 4.99 Å². The molecule has 1 atom stereocenters. The maximum Gasteiger partial charge on any atom is 0.244 e. The van der Waals surface area contributed by atoms with E-state index >= 15 is 0 Å². The van der Waals surface area contributed by atoms with Gasteiger partial charge in [-0.3, -0.25) is 4.79 Å². The van der Waals surface area contributed by atoms with Crippen molar-refractivity contribution in [2.75, 3.05) is 26.2 Å². The Balaban J connectivity index is 0.00000361. The van der Waals surface area contributed by atoms with Gasteiger partial charge in [-0.05, 0) is 32.6 Å². The summed E-state index contributed by atoms with van der Waals surface area (Å²) in [4.78, 5) is 18.2. The Labute approximate surface area is 140 Å². The fraction of sp³-hybridized carbons (Fsp3) is 0.857. The second-order valence-corrected chi connectivity index (χ2v) is 5.46. The van der Waals surface area contributed by atoms with Gasteiger partial charge in [0.05, 0.1) is 0 Å². The first-order valence-electron chi connectivity index (χ1n) is 7.37. The zero-order valence-corrected chi connectivity index (χ0v) is 15.4. The second kappa shape index (κ2) is 10.2. The summed E-state index contributed by atoms with van der Waals surface area (Å²) in [5.41, 5.74) is 0. The van der Waals surface area contributed by atoms with E-state index in [0.717, 1.165) is 38.4 Å². The molecule has 0 aliphatic carbocycles.